The quantitative estimate of drug-likeness (QED) is 0.193. The lowest BCUT2D eigenvalue weighted by Gasteiger charge is -2.13. The Balaban J connectivity index is 1.01. The first-order valence-corrected chi connectivity index (χ1v) is 16.1. The molecule has 0 saturated heterocycles. The number of hydrogen-bond donors (Lipinski definition) is 0. The van der Waals surface area contributed by atoms with Gasteiger partial charge in [0.15, 0.2) is 11.6 Å². The molecule has 6 aromatic carbocycles. The van der Waals surface area contributed by atoms with Gasteiger partial charge in [0, 0.05) is 69.1 Å². The first-order valence-electron chi connectivity index (χ1n) is 16.1. The molecule has 0 atom stereocenters. The minimum atomic E-state index is 0.774. The van der Waals surface area contributed by atoms with E-state index in [4.69, 9.17) is 9.97 Å². The normalized spacial score (nSPS) is 11.8. The maximum Gasteiger partial charge on any atom is 0.181 e. The first kappa shape index (κ1) is 26.5. The van der Waals surface area contributed by atoms with Gasteiger partial charge in [-0.25, -0.2) is 9.97 Å². The van der Waals surface area contributed by atoms with Gasteiger partial charge in [0.05, 0.1) is 22.1 Å². The number of fused-ring (bicyclic) bond motifs is 6. The van der Waals surface area contributed by atoms with Crippen molar-refractivity contribution in [3.8, 4) is 34.4 Å². The highest BCUT2D eigenvalue weighted by molar-refractivity contribution is 6.10. The van der Waals surface area contributed by atoms with Crippen molar-refractivity contribution in [2.45, 2.75) is 0 Å². The SMILES string of the molecule is c1ccc2c(c1)c1ccccc1n2-c1ccc(-n2ccnc2-c2nccn2-c2ccc(-n3c4ccccc4c4ccccc43)cc2)cc1. The van der Waals surface area contributed by atoms with Crippen molar-refractivity contribution in [2.24, 2.45) is 0 Å². The fourth-order valence-corrected chi connectivity index (χ4v) is 7.28. The first-order chi connectivity index (χ1) is 23.8. The Morgan fingerprint density at radius 2 is 0.604 bits per heavy atom. The Hall–Kier alpha value is -6.66. The largest absolute Gasteiger partial charge is 0.309 e. The van der Waals surface area contributed by atoms with Gasteiger partial charge in [0.25, 0.3) is 0 Å². The lowest BCUT2D eigenvalue weighted by Crippen LogP contribution is -2.03. The molecule has 6 nitrogen and oxygen atoms in total. The minimum Gasteiger partial charge on any atom is -0.309 e. The average molecular weight is 617 g/mol. The third kappa shape index (κ3) is 3.93. The van der Waals surface area contributed by atoms with Crippen molar-refractivity contribution < 1.29 is 0 Å². The summed E-state index contributed by atoms with van der Waals surface area (Å²) in [6.45, 7) is 0. The number of rotatable bonds is 5. The molecule has 0 aliphatic carbocycles. The Morgan fingerprint density at radius 1 is 0.312 bits per heavy atom. The zero-order valence-corrected chi connectivity index (χ0v) is 25.8. The number of benzene rings is 6. The smallest absolute Gasteiger partial charge is 0.181 e. The van der Waals surface area contributed by atoms with Crippen molar-refractivity contribution in [2.75, 3.05) is 0 Å². The summed E-state index contributed by atoms with van der Waals surface area (Å²) >= 11 is 0. The van der Waals surface area contributed by atoms with Gasteiger partial charge in [-0.2, -0.15) is 0 Å². The highest BCUT2D eigenvalue weighted by Gasteiger charge is 2.17. The number of hydrogen-bond acceptors (Lipinski definition) is 2. The van der Waals surface area contributed by atoms with Crippen LogP contribution in [-0.4, -0.2) is 28.2 Å². The van der Waals surface area contributed by atoms with E-state index in [1.807, 2.05) is 24.8 Å². The van der Waals surface area contributed by atoms with Crippen LogP contribution < -0.4 is 0 Å². The van der Waals surface area contributed by atoms with E-state index in [1.165, 1.54) is 43.6 Å². The van der Waals surface area contributed by atoms with E-state index in [2.05, 4.69) is 164 Å². The van der Waals surface area contributed by atoms with Gasteiger partial charge in [-0.15, -0.1) is 0 Å². The summed E-state index contributed by atoms with van der Waals surface area (Å²) < 4.78 is 8.86. The maximum absolute atomic E-state index is 4.77. The number of nitrogens with zero attached hydrogens (tertiary/aromatic N) is 6. The van der Waals surface area contributed by atoms with Gasteiger partial charge >= 0.3 is 0 Å². The van der Waals surface area contributed by atoms with Crippen LogP contribution in [0.15, 0.2) is 170 Å². The minimum absolute atomic E-state index is 0.774. The average Bonchev–Trinajstić information content (AvgIpc) is 3.95. The highest BCUT2D eigenvalue weighted by Crippen LogP contribution is 2.34. The maximum atomic E-state index is 4.77. The zero-order chi connectivity index (χ0) is 31.6. The summed E-state index contributed by atoms with van der Waals surface area (Å²) in [4.78, 5) is 9.54. The van der Waals surface area contributed by atoms with Crippen LogP contribution in [0.2, 0.25) is 0 Å². The standard InChI is InChI=1S/C42H28N6/c1-5-13-37-33(9-1)34-10-2-6-14-38(34)47(37)31-21-17-29(18-22-31)45-27-25-43-41(45)42-44-26-28-46(42)30-19-23-32(24-20-30)48-39-15-7-3-11-35(39)36-12-4-8-16-40(36)48/h1-28H. The lowest BCUT2D eigenvalue weighted by molar-refractivity contribution is 0.985. The molecule has 226 valence electrons. The molecule has 0 aliphatic heterocycles. The van der Waals surface area contributed by atoms with Gasteiger partial charge in [-0.3, -0.25) is 9.13 Å². The monoisotopic (exact) mass is 616 g/mol. The highest BCUT2D eigenvalue weighted by atomic mass is 15.2. The van der Waals surface area contributed by atoms with E-state index < -0.39 is 0 Å². The Morgan fingerprint density at radius 3 is 0.938 bits per heavy atom. The molecular formula is C42H28N6. The molecule has 0 bridgehead atoms. The molecule has 0 saturated carbocycles. The molecule has 48 heavy (non-hydrogen) atoms. The fraction of sp³-hybridized carbons (Fsp3) is 0. The lowest BCUT2D eigenvalue weighted by atomic mass is 10.2. The zero-order valence-electron chi connectivity index (χ0n) is 25.8. The van der Waals surface area contributed by atoms with Crippen LogP contribution in [0.1, 0.15) is 0 Å². The third-order valence-corrected chi connectivity index (χ3v) is 9.41. The summed E-state index contributed by atoms with van der Waals surface area (Å²) in [5.74, 6) is 1.55. The summed E-state index contributed by atoms with van der Waals surface area (Å²) in [6, 6.07) is 51.7. The van der Waals surface area contributed by atoms with E-state index in [-0.39, 0.29) is 0 Å². The van der Waals surface area contributed by atoms with Gasteiger partial charge in [-0.1, -0.05) is 72.8 Å². The van der Waals surface area contributed by atoms with Gasteiger partial charge in [-0.05, 0) is 72.8 Å². The van der Waals surface area contributed by atoms with Gasteiger partial charge in [0.1, 0.15) is 0 Å². The molecule has 0 spiro atoms. The second-order valence-electron chi connectivity index (χ2n) is 12.0. The number of aromatic nitrogens is 6. The van der Waals surface area contributed by atoms with E-state index >= 15 is 0 Å². The van der Waals surface area contributed by atoms with Crippen molar-refractivity contribution in [3.63, 3.8) is 0 Å². The van der Waals surface area contributed by atoms with Crippen LogP contribution in [-0.2, 0) is 0 Å². The van der Waals surface area contributed by atoms with Crippen LogP contribution >= 0.6 is 0 Å². The molecule has 0 unspecified atom stereocenters. The molecule has 0 amide bonds. The predicted molar refractivity (Wildman–Crippen MR) is 195 cm³/mol. The van der Waals surface area contributed by atoms with E-state index in [0.717, 1.165) is 34.4 Å². The Bertz CT molecular complexity index is 2470. The summed E-state index contributed by atoms with van der Waals surface area (Å²) in [7, 11) is 0. The molecule has 6 heteroatoms. The molecule has 10 aromatic rings. The molecule has 0 N–H and O–H groups in total. The van der Waals surface area contributed by atoms with Crippen LogP contribution in [0.3, 0.4) is 0 Å². The molecule has 10 rings (SSSR count). The molecular weight excluding hydrogens is 589 g/mol. The van der Waals surface area contributed by atoms with Crippen LogP contribution in [0.25, 0.3) is 78.0 Å². The Kier molecular flexibility index (Phi) is 5.77. The second-order valence-corrected chi connectivity index (χ2v) is 12.0. The molecule has 4 aromatic heterocycles. The van der Waals surface area contributed by atoms with E-state index in [1.54, 1.807) is 0 Å². The summed E-state index contributed by atoms with van der Waals surface area (Å²) in [6.07, 6.45) is 7.66. The fourth-order valence-electron chi connectivity index (χ4n) is 7.28. The molecule has 0 radical (unpaired) electrons. The van der Waals surface area contributed by atoms with Crippen molar-refractivity contribution in [1.82, 2.24) is 28.2 Å². The van der Waals surface area contributed by atoms with Gasteiger partial charge < -0.3 is 9.13 Å². The molecule has 0 fully saturated rings. The molecule has 4 heterocycles. The van der Waals surface area contributed by atoms with Crippen molar-refractivity contribution >= 4 is 43.6 Å². The van der Waals surface area contributed by atoms with Crippen molar-refractivity contribution in [1.29, 1.82) is 0 Å². The number of para-hydroxylation sites is 4. The summed E-state index contributed by atoms with van der Waals surface area (Å²) in [5, 5.41) is 5.01. The molecule has 0 aliphatic rings. The van der Waals surface area contributed by atoms with E-state index in [9.17, 15) is 0 Å². The Labute approximate surface area is 276 Å². The van der Waals surface area contributed by atoms with E-state index in [0.29, 0.717) is 0 Å². The topological polar surface area (TPSA) is 45.5 Å². The van der Waals surface area contributed by atoms with Gasteiger partial charge in [0.2, 0.25) is 0 Å². The number of imidazole rings is 2. The third-order valence-electron chi connectivity index (χ3n) is 9.41. The van der Waals surface area contributed by atoms with Crippen LogP contribution in [0.5, 0.6) is 0 Å². The predicted octanol–water partition coefficient (Wildman–Crippen LogP) is 9.92. The van der Waals surface area contributed by atoms with Crippen LogP contribution in [0.4, 0.5) is 0 Å². The second kappa shape index (κ2) is 10.4. The summed E-state index contributed by atoms with van der Waals surface area (Å²) in [5.41, 5.74) is 9.04. The van der Waals surface area contributed by atoms with Crippen LogP contribution in [0, 0.1) is 0 Å². The van der Waals surface area contributed by atoms with Crippen molar-refractivity contribution in [3.05, 3.63) is 170 Å².